The van der Waals surface area contributed by atoms with Crippen molar-refractivity contribution in [2.45, 2.75) is 52.0 Å². The van der Waals surface area contributed by atoms with Crippen molar-refractivity contribution in [2.75, 3.05) is 11.9 Å². The highest BCUT2D eigenvalue weighted by molar-refractivity contribution is 7.15. The molecule has 1 aliphatic heterocycles. The number of rotatable bonds is 6. The summed E-state index contributed by atoms with van der Waals surface area (Å²) in [5.74, 6) is -0.453. The fourth-order valence-corrected chi connectivity index (χ4v) is 4.02. The number of hydrogen-bond donors (Lipinski definition) is 1. The largest absolute Gasteiger partial charge is 0.337 e. The molecule has 0 bridgehead atoms. The molecule has 1 N–H and O–H groups in total. The van der Waals surface area contributed by atoms with E-state index in [9.17, 15) is 9.59 Å². The summed E-state index contributed by atoms with van der Waals surface area (Å²) in [6.07, 6.45) is 3.08. The summed E-state index contributed by atoms with van der Waals surface area (Å²) in [5, 5.41) is 12.5. The number of likely N-dealkylation sites (tertiary alicyclic amines) is 1. The smallest absolute Gasteiger partial charge is 0.231 e. The van der Waals surface area contributed by atoms with E-state index in [2.05, 4.69) is 27.6 Å². The molecule has 1 fully saturated rings. The van der Waals surface area contributed by atoms with Crippen molar-refractivity contribution in [1.29, 1.82) is 0 Å². The van der Waals surface area contributed by atoms with Crippen LogP contribution < -0.4 is 5.32 Å². The Kier molecular flexibility index (Phi) is 5.89. The minimum Gasteiger partial charge on any atom is -0.337 e. The third kappa shape index (κ3) is 5.13. The Balaban J connectivity index is 1.49. The lowest BCUT2D eigenvalue weighted by Gasteiger charge is -2.31. The third-order valence-corrected chi connectivity index (χ3v) is 5.60. The minimum absolute atomic E-state index is 0.0292. The molecule has 0 spiro atoms. The van der Waals surface area contributed by atoms with E-state index < -0.39 is 0 Å². The summed E-state index contributed by atoms with van der Waals surface area (Å²) in [6.45, 7) is 6.41. The molecule has 7 heteroatoms. The van der Waals surface area contributed by atoms with Crippen molar-refractivity contribution in [3.8, 4) is 0 Å². The van der Waals surface area contributed by atoms with Crippen LogP contribution in [-0.4, -0.2) is 39.0 Å². The molecule has 2 aromatic rings. The zero-order chi connectivity index (χ0) is 19.4. The van der Waals surface area contributed by atoms with Crippen molar-refractivity contribution in [3.63, 3.8) is 0 Å². The molecule has 27 heavy (non-hydrogen) atoms. The van der Waals surface area contributed by atoms with Crippen LogP contribution in [0.1, 0.15) is 44.2 Å². The van der Waals surface area contributed by atoms with E-state index in [0.717, 1.165) is 24.3 Å². The number of carbonyl (C=O) groups excluding carboxylic acids is 2. The van der Waals surface area contributed by atoms with Crippen LogP contribution in [0.25, 0.3) is 0 Å². The fourth-order valence-electron chi connectivity index (χ4n) is 3.23. The predicted octanol–water partition coefficient (Wildman–Crippen LogP) is 3.30. The van der Waals surface area contributed by atoms with Crippen LogP contribution >= 0.6 is 11.3 Å². The third-order valence-electron chi connectivity index (χ3n) is 4.70. The Morgan fingerprint density at radius 1 is 1.22 bits per heavy atom. The Labute approximate surface area is 164 Å². The van der Waals surface area contributed by atoms with Gasteiger partial charge in [0.25, 0.3) is 0 Å². The van der Waals surface area contributed by atoms with Gasteiger partial charge in [-0.05, 0) is 39.2 Å². The zero-order valence-electron chi connectivity index (χ0n) is 16.1. The molecule has 0 saturated carbocycles. The van der Waals surface area contributed by atoms with Crippen LogP contribution in [0.3, 0.4) is 0 Å². The highest BCUT2D eigenvalue weighted by Gasteiger charge is 2.39. The average molecular weight is 387 g/mol. The molecule has 1 saturated heterocycles. The lowest BCUT2D eigenvalue weighted by Crippen LogP contribution is -2.42. The molecule has 1 aliphatic rings. The van der Waals surface area contributed by atoms with Gasteiger partial charge in [-0.15, -0.1) is 10.2 Å². The zero-order valence-corrected chi connectivity index (χ0v) is 16.9. The lowest BCUT2D eigenvalue weighted by molar-refractivity contribution is -0.131. The molecule has 2 heterocycles. The molecule has 6 nitrogen and oxygen atoms in total. The Hall–Kier alpha value is -2.28. The van der Waals surface area contributed by atoms with E-state index in [0.29, 0.717) is 11.7 Å². The Morgan fingerprint density at radius 2 is 1.96 bits per heavy atom. The summed E-state index contributed by atoms with van der Waals surface area (Å²) in [7, 11) is 0. The van der Waals surface area contributed by atoms with Gasteiger partial charge in [-0.25, -0.2) is 0 Å². The van der Waals surface area contributed by atoms with E-state index in [-0.39, 0.29) is 29.7 Å². The van der Waals surface area contributed by atoms with Crippen LogP contribution in [-0.2, 0) is 22.4 Å². The molecule has 0 aliphatic carbocycles. The summed E-state index contributed by atoms with van der Waals surface area (Å²) in [6, 6.07) is 10.3. The summed E-state index contributed by atoms with van der Waals surface area (Å²) >= 11 is 1.41. The van der Waals surface area contributed by atoms with E-state index in [1.807, 2.05) is 39.0 Å². The molecule has 1 atom stereocenters. The quantitative estimate of drug-likeness (QED) is 0.826. The van der Waals surface area contributed by atoms with E-state index in [1.165, 1.54) is 16.9 Å². The van der Waals surface area contributed by atoms with Crippen molar-refractivity contribution in [1.82, 2.24) is 15.1 Å². The van der Waals surface area contributed by atoms with Gasteiger partial charge in [-0.1, -0.05) is 41.7 Å². The van der Waals surface area contributed by atoms with Gasteiger partial charge in [0.2, 0.25) is 16.9 Å². The van der Waals surface area contributed by atoms with Gasteiger partial charge < -0.3 is 10.2 Å². The number of carbonyl (C=O) groups is 2. The normalized spacial score (nSPS) is 17.4. The monoisotopic (exact) mass is 386 g/mol. The van der Waals surface area contributed by atoms with Crippen molar-refractivity contribution in [3.05, 3.63) is 40.9 Å². The van der Waals surface area contributed by atoms with Crippen LogP contribution in [0.2, 0.25) is 0 Å². The molecular formula is C20H26N4O2S. The highest BCUT2D eigenvalue weighted by Crippen LogP contribution is 2.27. The summed E-state index contributed by atoms with van der Waals surface area (Å²) in [5.41, 5.74) is 1.05. The first-order chi connectivity index (χ1) is 12.8. The fraction of sp³-hybridized carbons (Fsp3) is 0.500. The van der Waals surface area contributed by atoms with Crippen LogP contribution in [0.5, 0.6) is 0 Å². The number of aryl methyl sites for hydroxylation is 2. The molecule has 0 radical (unpaired) electrons. The average Bonchev–Trinajstić information content (AvgIpc) is 3.22. The number of nitrogens with zero attached hydrogens (tertiary/aromatic N) is 3. The number of aromatic nitrogens is 2. The van der Waals surface area contributed by atoms with Gasteiger partial charge >= 0.3 is 0 Å². The minimum atomic E-state index is -0.331. The van der Waals surface area contributed by atoms with Gasteiger partial charge in [-0.2, -0.15) is 0 Å². The molecule has 3 rings (SSSR count). The number of nitrogens with one attached hydrogen (secondary N) is 1. The molecule has 1 aromatic heterocycles. The van der Waals surface area contributed by atoms with Crippen molar-refractivity contribution in [2.24, 2.45) is 5.92 Å². The number of anilines is 1. The van der Waals surface area contributed by atoms with Crippen molar-refractivity contribution >= 4 is 28.3 Å². The van der Waals surface area contributed by atoms with Crippen LogP contribution in [0, 0.1) is 5.92 Å². The summed E-state index contributed by atoms with van der Waals surface area (Å²) < 4.78 is 0. The SMILES string of the molecule is CC(C)(C)N1C[C@H](C(=O)Nc2nnc(CCCc3ccccc3)s2)CC1=O. The van der Waals surface area contributed by atoms with E-state index in [1.54, 1.807) is 4.90 Å². The van der Waals surface area contributed by atoms with Gasteiger partial charge in [0.1, 0.15) is 5.01 Å². The lowest BCUT2D eigenvalue weighted by atomic mass is 10.1. The molecule has 144 valence electrons. The second-order valence-corrected chi connectivity index (χ2v) is 8.97. The molecule has 2 amide bonds. The Bertz CT molecular complexity index is 798. The van der Waals surface area contributed by atoms with Gasteiger partial charge in [0.05, 0.1) is 5.92 Å². The van der Waals surface area contributed by atoms with E-state index >= 15 is 0 Å². The first kappa shape index (κ1) is 19.5. The standard InChI is InChI=1S/C20H26N4O2S/c1-20(2,3)24-13-15(12-17(24)25)18(26)21-19-23-22-16(27-19)11-7-10-14-8-5-4-6-9-14/h4-6,8-9,15H,7,10-13H2,1-3H3,(H,21,23,26)/t15-/m1/s1. The first-order valence-corrected chi connectivity index (χ1v) is 10.1. The maximum atomic E-state index is 12.5. The van der Waals surface area contributed by atoms with Crippen LogP contribution in [0.4, 0.5) is 5.13 Å². The highest BCUT2D eigenvalue weighted by atomic mass is 32.1. The van der Waals surface area contributed by atoms with Gasteiger partial charge in [0, 0.05) is 24.9 Å². The second-order valence-electron chi connectivity index (χ2n) is 7.91. The topological polar surface area (TPSA) is 75.2 Å². The van der Waals surface area contributed by atoms with Gasteiger partial charge in [-0.3, -0.25) is 9.59 Å². The molecule has 0 unspecified atom stereocenters. The van der Waals surface area contributed by atoms with Gasteiger partial charge in [0.15, 0.2) is 0 Å². The Morgan fingerprint density at radius 3 is 2.63 bits per heavy atom. The molecule has 1 aromatic carbocycles. The first-order valence-electron chi connectivity index (χ1n) is 9.30. The number of benzene rings is 1. The molecular weight excluding hydrogens is 360 g/mol. The summed E-state index contributed by atoms with van der Waals surface area (Å²) in [4.78, 5) is 26.4. The number of amides is 2. The number of hydrogen-bond acceptors (Lipinski definition) is 5. The second kappa shape index (κ2) is 8.17. The predicted molar refractivity (Wildman–Crippen MR) is 107 cm³/mol. The van der Waals surface area contributed by atoms with Crippen LogP contribution in [0.15, 0.2) is 30.3 Å². The van der Waals surface area contributed by atoms with Crippen molar-refractivity contribution < 1.29 is 9.59 Å². The van der Waals surface area contributed by atoms with E-state index in [4.69, 9.17) is 0 Å². The maximum Gasteiger partial charge on any atom is 0.231 e. The maximum absolute atomic E-state index is 12.5.